The molecule has 2 heterocycles. The first-order valence-electron chi connectivity index (χ1n) is 5.71. The second kappa shape index (κ2) is 4.91. The quantitative estimate of drug-likeness (QED) is 0.869. The molecule has 18 heavy (non-hydrogen) atoms. The lowest BCUT2D eigenvalue weighted by Crippen LogP contribution is -2.14. The average Bonchev–Trinajstić information content (AvgIpc) is 2.81. The number of hydrogen-bond acceptors (Lipinski definition) is 4. The van der Waals surface area contributed by atoms with E-state index in [4.69, 9.17) is 10.2 Å². The van der Waals surface area contributed by atoms with Crippen LogP contribution in [0.3, 0.4) is 0 Å². The highest BCUT2D eigenvalue weighted by atomic mass is 16.3. The van der Waals surface area contributed by atoms with Crippen molar-refractivity contribution < 1.29 is 9.21 Å². The zero-order valence-corrected chi connectivity index (χ0v) is 10.4. The van der Waals surface area contributed by atoms with E-state index in [1.165, 1.54) is 12.5 Å². The largest absolute Gasteiger partial charge is 0.469 e. The van der Waals surface area contributed by atoms with E-state index in [1.54, 1.807) is 12.1 Å². The Morgan fingerprint density at radius 1 is 1.56 bits per heavy atom. The lowest BCUT2D eigenvalue weighted by molar-refractivity contribution is 0.102. The summed E-state index contributed by atoms with van der Waals surface area (Å²) in [5.41, 5.74) is 7.54. The first kappa shape index (κ1) is 12.2. The Morgan fingerprint density at radius 3 is 3.00 bits per heavy atom. The number of aromatic nitrogens is 1. The number of aryl methyl sites for hydroxylation is 2. The maximum atomic E-state index is 12.0. The first-order valence-corrected chi connectivity index (χ1v) is 5.71. The van der Waals surface area contributed by atoms with Crippen LogP contribution >= 0.6 is 0 Å². The molecule has 0 aliphatic carbocycles. The second-order valence-electron chi connectivity index (χ2n) is 4.00. The Bertz CT molecular complexity index is 575. The number of carbonyl (C=O) groups is 1. The molecular weight excluding hydrogens is 230 g/mol. The van der Waals surface area contributed by atoms with Crippen molar-refractivity contribution in [1.29, 1.82) is 0 Å². The number of rotatable bonds is 3. The molecule has 0 aliphatic heterocycles. The van der Waals surface area contributed by atoms with Gasteiger partial charge in [-0.1, -0.05) is 6.92 Å². The molecule has 0 aromatic carbocycles. The summed E-state index contributed by atoms with van der Waals surface area (Å²) in [6, 6.07) is 3.42. The van der Waals surface area contributed by atoms with Crippen LogP contribution in [0.25, 0.3) is 0 Å². The molecular formula is C13H15N3O2. The van der Waals surface area contributed by atoms with E-state index in [-0.39, 0.29) is 5.91 Å². The van der Waals surface area contributed by atoms with Crippen LogP contribution in [0.5, 0.6) is 0 Å². The minimum Gasteiger partial charge on any atom is -0.469 e. The van der Waals surface area contributed by atoms with Crippen LogP contribution in [-0.2, 0) is 6.42 Å². The van der Waals surface area contributed by atoms with Crippen LogP contribution in [0.1, 0.15) is 28.6 Å². The maximum absolute atomic E-state index is 12.0. The zero-order chi connectivity index (χ0) is 13.1. The van der Waals surface area contributed by atoms with Gasteiger partial charge in [0.05, 0.1) is 23.7 Å². The number of pyridine rings is 1. The molecule has 5 nitrogen and oxygen atoms in total. The van der Waals surface area contributed by atoms with Gasteiger partial charge in [-0.3, -0.25) is 4.79 Å². The molecule has 0 unspecified atom stereocenters. The van der Waals surface area contributed by atoms with Gasteiger partial charge in [0.2, 0.25) is 0 Å². The van der Waals surface area contributed by atoms with E-state index >= 15 is 0 Å². The first-order chi connectivity index (χ1) is 8.61. The van der Waals surface area contributed by atoms with Crippen molar-refractivity contribution >= 4 is 17.4 Å². The number of amides is 1. The SMILES string of the molecule is CCc1occc1C(=O)Nc1ncc(N)cc1C. The highest BCUT2D eigenvalue weighted by molar-refractivity contribution is 6.04. The van der Waals surface area contributed by atoms with Gasteiger partial charge in [-0.15, -0.1) is 0 Å². The lowest BCUT2D eigenvalue weighted by atomic mass is 10.2. The second-order valence-corrected chi connectivity index (χ2v) is 4.00. The number of carbonyl (C=O) groups excluding carboxylic acids is 1. The van der Waals surface area contributed by atoms with Gasteiger partial charge >= 0.3 is 0 Å². The van der Waals surface area contributed by atoms with Crippen LogP contribution in [0.15, 0.2) is 29.0 Å². The van der Waals surface area contributed by atoms with E-state index in [0.717, 1.165) is 5.56 Å². The summed E-state index contributed by atoms with van der Waals surface area (Å²) in [6.45, 7) is 3.78. The van der Waals surface area contributed by atoms with Crippen LogP contribution in [-0.4, -0.2) is 10.9 Å². The number of nitrogens with two attached hydrogens (primary N) is 1. The molecule has 0 spiro atoms. The smallest absolute Gasteiger partial charge is 0.260 e. The van der Waals surface area contributed by atoms with Crippen LogP contribution in [0, 0.1) is 6.92 Å². The highest BCUT2D eigenvalue weighted by Gasteiger charge is 2.14. The van der Waals surface area contributed by atoms with Crippen molar-refractivity contribution in [3.05, 3.63) is 41.5 Å². The average molecular weight is 245 g/mol. The van der Waals surface area contributed by atoms with Crippen molar-refractivity contribution in [2.45, 2.75) is 20.3 Å². The summed E-state index contributed by atoms with van der Waals surface area (Å²) in [6.07, 6.45) is 3.69. The molecule has 0 saturated heterocycles. The summed E-state index contributed by atoms with van der Waals surface area (Å²) >= 11 is 0. The minimum absolute atomic E-state index is 0.221. The third-order valence-corrected chi connectivity index (χ3v) is 2.64. The van der Waals surface area contributed by atoms with Crippen LogP contribution < -0.4 is 11.1 Å². The molecule has 2 rings (SSSR count). The Hall–Kier alpha value is -2.30. The van der Waals surface area contributed by atoms with Crippen molar-refractivity contribution in [3.63, 3.8) is 0 Å². The predicted octanol–water partition coefficient (Wildman–Crippen LogP) is 2.38. The van der Waals surface area contributed by atoms with Crippen molar-refractivity contribution in [2.75, 3.05) is 11.1 Å². The van der Waals surface area contributed by atoms with E-state index < -0.39 is 0 Å². The molecule has 1 amide bonds. The molecule has 5 heteroatoms. The summed E-state index contributed by atoms with van der Waals surface area (Å²) in [5, 5.41) is 2.75. The molecule has 2 aromatic rings. The molecule has 0 saturated carbocycles. The van der Waals surface area contributed by atoms with E-state index in [9.17, 15) is 4.79 Å². The van der Waals surface area contributed by atoms with E-state index in [0.29, 0.717) is 29.2 Å². The van der Waals surface area contributed by atoms with Gasteiger partial charge in [0.25, 0.3) is 5.91 Å². The zero-order valence-electron chi connectivity index (χ0n) is 10.4. The number of hydrogen-bond donors (Lipinski definition) is 2. The third kappa shape index (κ3) is 2.34. The van der Waals surface area contributed by atoms with Crippen molar-refractivity contribution in [1.82, 2.24) is 4.98 Å². The number of furan rings is 1. The number of anilines is 2. The van der Waals surface area contributed by atoms with Crippen LogP contribution in [0.4, 0.5) is 11.5 Å². The number of nitrogen functional groups attached to an aromatic ring is 1. The molecule has 0 radical (unpaired) electrons. The maximum Gasteiger partial charge on any atom is 0.260 e. The molecule has 0 fully saturated rings. The fraction of sp³-hybridized carbons (Fsp3) is 0.231. The molecule has 2 aromatic heterocycles. The molecule has 0 aliphatic rings. The fourth-order valence-electron chi connectivity index (χ4n) is 1.72. The van der Waals surface area contributed by atoms with Gasteiger partial charge in [0.15, 0.2) is 0 Å². The van der Waals surface area contributed by atoms with Gasteiger partial charge < -0.3 is 15.5 Å². The summed E-state index contributed by atoms with van der Waals surface area (Å²) < 4.78 is 5.22. The van der Waals surface area contributed by atoms with Crippen molar-refractivity contribution in [2.24, 2.45) is 0 Å². The molecule has 94 valence electrons. The molecule has 3 N–H and O–H groups in total. The van der Waals surface area contributed by atoms with Gasteiger partial charge in [-0.2, -0.15) is 0 Å². The molecule has 0 bridgehead atoms. The normalized spacial score (nSPS) is 10.3. The topological polar surface area (TPSA) is 81.2 Å². The van der Waals surface area contributed by atoms with Crippen molar-refractivity contribution in [3.8, 4) is 0 Å². The van der Waals surface area contributed by atoms with Gasteiger partial charge in [0, 0.05) is 6.42 Å². The number of nitrogens with zero attached hydrogens (tertiary/aromatic N) is 1. The summed E-state index contributed by atoms with van der Waals surface area (Å²) in [7, 11) is 0. The van der Waals surface area contributed by atoms with E-state index in [1.807, 2.05) is 13.8 Å². The van der Waals surface area contributed by atoms with Gasteiger partial charge in [-0.25, -0.2) is 4.98 Å². The van der Waals surface area contributed by atoms with Crippen LogP contribution in [0.2, 0.25) is 0 Å². The Morgan fingerprint density at radius 2 is 2.33 bits per heavy atom. The lowest BCUT2D eigenvalue weighted by Gasteiger charge is -2.07. The Labute approximate surface area is 105 Å². The molecule has 0 atom stereocenters. The van der Waals surface area contributed by atoms with E-state index in [2.05, 4.69) is 10.3 Å². The van der Waals surface area contributed by atoms with Gasteiger partial charge in [0.1, 0.15) is 11.6 Å². The standard InChI is InChI=1S/C13H15N3O2/c1-3-11-10(4-5-18-11)13(17)16-12-8(2)6-9(14)7-15-12/h4-7H,3,14H2,1-2H3,(H,15,16,17). The number of nitrogens with one attached hydrogen (secondary N) is 1. The summed E-state index contributed by atoms with van der Waals surface area (Å²) in [4.78, 5) is 16.1. The van der Waals surface area contributed by atoms with Gasteiger partial charge in [-0.05, 0) is 24.6 Å². The predicted molar refractivity (Wildman–Crippen MR) is 69.4 cm³/mol. The third-order valence-electron chi connectivity index (χ3n) is 2.64. The monoisotopic (exact) mass is 245 g/mol. The highest BCUT2D eigenvalue weighted by Crippen LogP contribution is 2.17. The fourth-order valence-corrected chi connectivity index (χ4v) is 1.72. The minimum atomic E-state index is -0.221. The Balaban J connectivity index is 2.21. The summed E-state index contributed by atoms with van der Waals surface area (Å²) in [5.74, 6) is 0.957. The Kier molecular flexibility index (Phi) is 3.32.